The molecule has 0 saturated heterocycles. The molecule has 1 amide bonds. The summed E-state index contributed by atoms with van der Waals surface area (Å²) in [5, 5.41) is 27.3. The van der Waals surface area contributed by atoms with Gasteiger partial charge in [-0.2, -0.15) is 27.1 Å². The summed E-state index contributed by atoms with van der Waals surface area (Å²) in [6.07, 6.45) is -5.46. The molecule has 1 fully saturated rings. The van der Waals surface area contributed by atoms with Crippen molar-refractivity contribution in [1.29, 1.82) is 0 Å². The first kappa shape index (κ1) is 32.7. The maximum atomic E-state index is 13.3. The van der Waals surface area contributed by atoms with Crippen molar-refractivity contribution in [3.05, 3.63) is 35.0 Å². The number of alkyl halides is 5. The number of carbonyl (C=O) groups is 1. The third-order valence-electron chi connectivity index (χ3n) is 7.49. The SMILES string of the molecule is CCn1nc(C(=O)NC[C@@]2(O)CCC(S(C)(=O)=O)C[C@@H]2O)c(C)c1-c1ccc(C[C@@H](C)C(F)(F)F)cc1OC(F)F. The predicted molar refractivity (Wildman–Crippen MR) is 139 cm³/mol. The second-order valence-electron chi connectivity index (χ2n) is 10.5. The van der Waals surface area contributed by atoms with Gasteiger partial charge in [-0.1, -0.05) is 13.0 Å². The van der Waals surface area contributed by atoms with E-state index in [-0.39, 0.29) is 59.6 Å². The Balaban J connectivity index is 1.89. The van der Waals surface area contributed by atoms with E-state index in [1.165, 1.54) is 23.7 Å². The minimum Gasteiger partial charge on any atom is -0.434 e. The van der Waals surface area contributed by atoms with Crippen molar-refractivity contribution in [3.8, 4) is 17.0 Å². The molecule has 0 aliphatic heterocycles. The number of hydrogen-bond acceptors (Lipinski definition) is 7. The highest BCUT2D eigenvalue weighted by molar-refractivity contribution is 7.91. The molecule has 0 spiro atoms. The summed E-state index contributed by atoms with van der Waals surface area (Å²) in [6, 6.07) is 3.82. The number of nitrogens with one attached hydrogen (secondary N) is 1. The molecule has 230 valence electrons. The van der Waals surface area contributed by atoms with Gasteiger partial charge in [0.05, 0.1) is 23.0 Å². The van der Waals surface area contributed by atoms with Crippen LogP contribution in [0.5, 0.6) is 5.75 Å². The van der Waals surface area contributed by atoms with Crippen molar-refractivity contribution in [2.24, 2.45) is 5.92 Å². The maximum absolute atomic E-state index is 13.3. The summed E-state index contributed by atoms with van der Waals surface area (Å²) < 4.78 is 95.4. The van der Waals surface area contributed by atoms with Crippen LogP contribution in [0.25, 0.3) is 11.3 Å². The molecule has 1 aliphatic rings. The molecule has 9 nitrogen and oxygen atoms in total. The van der Waals surface area contributed by atoms with Crippen LogP contribution in [0.1, 0.15) is 54.7 Å². The van der Waals surface area contributed by atoms with Crippen LogP contribution in [0, 0.1) is 12.8 Å². The Morgan fingerprint density at radius 3 is 2.51 bits per heavy atom. The van der Waals surface area contributed by atoms with Crippen molar-refractivity contribution in [3.63, 3.8) is 0 Å². The van der Waals surface area contributed by atoms with Gasteiger partial charge in [0.1, 0.15) is 21.2 Å². The smallest absolute Gasteiger partial charge is 0.391 e. The summed E-state index contributed by atoms with van der Waals surface area (Å²) >= 11 is 0. The van der Waals surface area contributed by atoms with E-state index in [1.807, 2.05) is 0 Å². The van der Waals surface area contributed by atoms with Crippen molar-refractivity contribution in [1.82, 2.24) is 15.1 Å². The number of hydrogen-bond donors (Lipinski definition) is 3. The Morgan fingerprint density at radius 2 is 1.98 bits per heavy atom. The van der Waals surface area contributed by atoms with Crippen LogP contribution >= 0.6 is 0 Å². The van der Waals surface area contributed by atoms with E-state index in [1.54, 1.807) is 6.92 Å². The highest BCUT2D eigenvalue weighted by Gasteiger charge is 2.44. The molecule has 4 atom stereocenters. The lowest BCUT2D eigenvalue weighted by molar-refractivity contribution is -0.169. The highest BCUT2D eigenvalue weighted by Crippen LogP contribution is 2.37. The summed E-state index contributed by atoms with van der Waals surface area (Å²) in [7, 11) is -3.43. The zero-order chi connectivity index (χ0) is 30.9. The number of carbonyl (C=O) groups excluding carboxylic acids is 1. The molecule has 1 saturated carbocycles. The second-order valence-corrected chi connectivity index (χ2v) is 12.8. The number of amides is 1. The van der Waals surface area contributed by atoms with Gasteiger partial charge >= 0.3 is 12.8 Å². The minimum absolute atomic E-state index is 0.0759. The lowest BCUT2D eigenvalue weighted by Crippen LogP contribution is -2.56. The lowest BCUT2D eigenvalue weighted by Gasteiger charge is -2.39. The van der Waals surface area contributed by atoms with Crippen molar-refractivity contribution in [2.45, 2.75) is 82.7 Å². The van der Waals surface area contributed by atoms with E-state index in [4.69, 9.17) is 0 Å². The number of aliphatic hydroxyl groups is 2. The van der Waals surface area contributed by atoms with Crippen molar-refractivity contribution < 1.29 is 50.1 Å². The predicted octanol–water partition coefficient (Wildman–Crippen LogP) is 3.64. The number of ether oxygens (including phenoxy) is 1. The van der Waals surface area contributed by atoms with Gasteiger partial charge in [0, 0.05) is 30.5 Å². The van der Waals surface area contributed by atoms with Gasteiger partial charge in [0.15, 0.2) is 5.69 Å². The second kappa shape index (κ2) is 12.2. The monoisotopic (exact) mass is 611 g/mol. The minimum atomic E-state index is -4.47. The fourth-order valence-corrected chi connectivity index (χ4v) is 6.04. The highest BCUT2D eigenvalue weighted by atomic mass is 32.2. The molecule has 1 aromatic heterocycles. The van der Waals surface area contributed by atoms with Gasteiger partial charge < -0.3 is 20.3 Å². The summed E-state index contributed by atoms with van der Waals surface area (Å²) in [5.74, 6) is -2.84. The Bertz CT molecular complexity index is 1360. The third-order valence-corrected chi connectivity index (χ3v) is 9.13. The van der Waals surface area contributed by atoms with Gasteiger partial charge in [-0.25, -0.2) is 8.42 Å². The maximum Gasteiger partial charge on any atom is 0.391 e. The van der Waals surface area contributed by atoms with Crippen LogP contribution in [0.4, 0.5) is 22.0 Å². The number of sulfone groups is 1. The normalized spacial score (nSPS) is 22.5. The van der Waals surface area contributed by atoms with Gasteiger partial charge in [-0.3, -0.25) is 9.48 Å². The number of halogens is 5. The largest absolute Gasteiger partial charge is 0.434 e. The van der Waals surface area contributed by atoms with Gasteiger partial charge in [0.25, 0.3) is 5.91 Å². The molecule has 41 heavy (non-hydrogen) atoms. The summed E-state index contributed by atoms with van der Waals surface area (Å²) in [5.41, 5.74) is -1.17. The lowest BCUT2D eigenvalue weighted by atomic mass is 9.82. The number of nitrogens with zero attached hydrogens (tertiary/aromatic N) is 2. The van der Waals surface area contributed by atoms with Crippen LogP contribution in [0.15, 0.2) is 18.2 Å². The van der Waals surface area contributed by atoms with E-state index in [9.17, 15) is 45.4 Å². The molecule has 1 heterocycles. The molecule has 0 bridgehead atoms. The van der Waals surface area contributed by atoms with Crippen LogP contribution in [-0.2, 0) is 22.8 Å². The number of benzene rings is 1. The van der Waals surface area contributed by atoms with Crippen LogP contribution < -0.4 is 10.1 Å². The molecule has 1 aliphatic carbocycles. The first-order valence-corrected chi connectivity index (χ1v) is 14.9. The first-order valence-electron chi connectivity index (χ1n) is 13.0. The molecular formula is C26H34F5N3O6S. The number of aromatic nitrogens is 2. The molecular weight excluding hydrogens is 577 g/mol. The fourth-order valence-electron chi connectivity index (χ4n) is 4.97. The zero-order valence-electron chi connectivity index (χ0n) is 23.0. The summed E-state index contributed by atoms with van der Waals surface area (Å²) in [6.45, 7) is 0.702. The molecule has 1 aromatic carbocycles. The van der Waals surface area contributed by atoms with E-state index in [0.717, 1.165) is 19.2 Å². The van der Waals surface area contributed by atoms with E-state index >= 15 is 0 Å². The molecule has 2 aromatic rings. The molecule has 15 heteroatoms. The number of rotatable bonds is 10. The number of aliphatic hydroxyl groups excluding tert-OH is 1. The Labute approximate surface area is 234 Å². The topological polar surface area (TPSA) is 131 Å². The van der Waals surface area contributed by atoms with Crippen LogP contribution in [0.3, 0.4) is 0 Å². The van der Waals surface area contributed by atoms with Crippen LogP contribution in [0.2, 0.25) is 0 Å². The van der Waals surface area contributed by atoms with Gasteiger partial charge in [0.2, 0.25) is 0 Å². The third kappa shape index (κ3) is 7.55. The molecule has 0 radical (unpaired) electrons. The van der Waals surface area contributed by atoms with E-state index in [2.05, 4.69) is 15.2 Å². The average Bonchev–Trinajstić information content (AvgIpc) is 3.19. The molecule has 3 N–H and O–H groups in total. The summed E-state index contributed by atoms with van der Waals surface area (Å²) in [4.78, 5) is 13.1. The quantitative estimate of drug-likeness (QED) is 0.350. The number of aryl methyl sites for hydroxylation is 1. The van der Waals surface area contributed by atoms with Crippen molar-refractivity contribution in [2.75, 3.05) is 12.8 Å². The van der Waals surface area contributed by atoms with Gasteiger partial charge in [-0.15, -0.1) is 0 Å². The first-order chi connectivity index (χ1) is 18.9. The van der Waals surface area contributed by atoms with E-state index in [0.29, 0.717) is 0 Å². The Kier molecular flexibility index (Phi) is 9.75. The zero-order valence-corrected chi connectivity index (χ0v) is 23.8. The standard InChI is InChI=1S/C26H34F5N3O6S/c1-5-34-22(18-7-6-16(10-14(2)26(29,30)31)11-19(18)40-24(27)28)15(3)21(33-34)23(36)32-13-25(37)9-8-17(12-20(25)35)41(4,38)39/h6-7,11,14,17,20,24,35,37H,5,8-10,12-13H2,1-4H3,(H,32,36)/t14-,17?,20+,25+/m1/s1. The Hall–Kier alpha value is -2.78. The molecule has 1 unspecified atom stereocenters. The fraction of sp³-hybridized carbons (Fsp3) is 0.615. The van der Waals surface area contributed by atoms with E-state index < -0.39 is 64.4 Å². The Morgan fingerprint density at radius 1 is 1.32 bits per heavy atom. The van der Waals surface area contributed by atoms with Gasteiger partial charge in [-0.05, 0) is 57.2 Å². The van der Waals surface area contributed by atoms with Crippen molar-refractivity contribution >= 4 is 15.7 Å². The average molecular weight is 612 g/mol. The molecule has 3 rings (SSSR count). The van der Waals surface area contributed by atoms with Crippen LogP contribution in [-0.4, -0.2) is 76.9 Å².